The Labute approximate surface area is 166 Å². The number of carboxylic acids is 1. The van der Waals surface area contributed by atoms with Crippen LogP contribution in [-0.2, 0) is 4.79 Å². The van der Waals surface area contributed by atoms with Crippen LogP contribution in [0.4, 0.5) is 0 Å². The summed E-state index contributed by atoms with van der Waals surface area (Å²) >= 11 is 0. The first-order chi connectivity index (χ1) is 10.7. The molecule has 132 valence electrons. The zero-order chi connectivity index (χ0) is 16.5. The van der Waals surface area contributed by atoms with E-state index >= 15 is 0 Å². The second-order valence-electron chi connectivity index (χ2n) is 6.50. The second kappa shape index (κ2) is 20.5. The molecule has 0 saturated heterocycles. The molecule has 0 aromatic rings. The van der Waals surface area contributed by atoms with Crippen molar-refractivity contribution in [3.63, 3.8) is 0 Å². The summed E-state index contributed by atoms with van der Waals surface area (Å²) in [6.07, 6.45) is 15.7. The average molecular weight is 336 g/mol. The molecule has 0 N–H and O–H groups in total. The van der Waals surface area contributed by atoms with Gasteiger partial charge in [-0.25, -0.2) is 0 Å². The zero-order valence-corrected chi connectivity index (χ0v) is 18.1. The van der Waals surface area contributed by atoms with Crippen LogP contribution in [0.15, 0.2) is 0 Å². The molecule has 0 spiro atoms. The molecule has 0 bridgehead atoms. The molecule has 0 heterocycles. The first-order valence-corrected chi connectivity index (χ1v) is 9.62. The molecule has 0 rings (SSSR count). The second-order valence-corrected chi connectivity index (χ2v) is 6.50. The van der Waals surface area contributed by atoms with Gasteiger partial charge in [-0.3, -0.25) is 0 Å². The molecule has 0 amide bonds. The van der Waals surface area contributed by atoms with Crippen LogP contribution in [0.5, 0.6) is 0 Å². The Morgan fingerprint density at radius 2 is 1.09 bits per heavy atom. The molecule has 0 fully saturated rings. The number of carboxylic acid groups (broad SMARTS) is 1. The van der Waals surface area contributed by atoms with Gasteiger partial charge in [0, 0.05) is 12.5 Å². The third-order valence-corrected chi connectivity index (χ3v) is 4.29. The maximum absolute atomic E-state index is 10.7. The summed E-state index contributed by atoms with van der Waals surface area (Å²) in [5.41, 5.74) is 0. The number of hydrogen-bond acceptors (Lipinski definition) is 3. The molecule has 0 aromatic carbocycles. The van der Waals surface area contributed by atoms with Crippen molar-refractivity contribution in [3.8, 4) is 0 Å². The number of carbonyl (C=O) groups is 1. The Bertz CT molecular complexity index is 234. The van der Waals surface area contributed by atoms with Crippen molar-refractivity contribution >= 4 is 5.97 Å². The van der Waals surface area contributed by atoms with Crippen LogP contribution >= 0.6 is 0 Å². The normalized spacial score (nSPS) is 10.7. The van der Waals surface area contributed by atoms with Crippen molar-refractivity contribution in [3.05, 3.63) is 0 Å². The monoisotopic (exact) mass is 335 g/mol. The average Bonchev–Trinajstić information content (AvgIpc) is 2.50. The molecule has 23 heavy (non-hydrogen) atoms. The first kappa shape index (κ1) is 25.7. The van der Waals surface area contributed by atoms with Gasteiger partial charge >= 0.3 is 29.6 Å². The summed E-state index contributed by atoms with van der Waals surface area (Å²) in [5, 5.41) is 10.7. The van der Waals surface area contributed by atoms with E-state index in [0.717, 1.165) is 13.1 Å². The third kappa shape index (κ3) is 20.4. The van der Waals surface area contributed by atoms with Crippen molar-refractivity contribution in [2.75, 3.05) is 19.6 Å². The number of hydrogen-bond donors (Lipinski definition) is 0. The van der Waals surface area contributed by atoms with Crippen LogP contribution in [0.25, 0.3) is 0 Å². The minimum absolute atomic E-state index is 0. The molecular weight excluding hydrogens is 297 g/mol. The van der Waals surface area contributed by atoms with E-state index in [0.29, 0.717) is 6.54 Å². The maximum Gasteiger partial charge on any atom is 1.00 e. The van der Waals surface area contributed by atoms with Crippen molar-refractivity contribution in [2.45, 2.75) is 97.3 Å². The van der Waals surface area contributed by atoms with Crippen LogP contribution < -0.4 is 34.7 Å². The summed E-state index contributed by atoms with van der Waals surface area (Å²) in [4.78, 5) is 13.0. The van der Waals surface area contributed by atoms with Crippen LogP contribution in [-0.4, -0.2) is 30.5 Å². The van der Waals surface area contributed by atoms with Crippen molar-refractivity contribution in [2.24, 2.45) is 0 Å². The predicted octanol–water partition coefficient (Wildman–Crippen LogP) is 1.15. The Balaban J connectivity index is 0. The molecule has 4 heteroatoms. The molecule has 0 aromatic heterocycles. The minimum atomic E-state index is -0.920. The fourth-order valence-corrected chi connectivity index (χ4v) is 2.82. The van der Waals surface area contributed by atoms with Crippen LogP contribution in [0.1, 0.15) is 97.3 Å². The Hall–Kier alpha value is 0.430. The topological polar surface area (TPSA) is 43.4 Å². The van der Waals surface area contributed by atoms with Crippen LogP contribution in [0.3, 0.4) is 0 Å². The van der Waals surface area contributed by atoms with Gasteiger partial charge in [-0.2, -0.15) is 0 Å². The van der Waals surface area contributed by atoms with E-state index in [1.165, 1.54) is 77.0 Å². The van der Waals surface area contributed by atoms with Gasteiger partial charge in [0.1, 0.15) is 0 Å². The summed E-state index contributed by atoms with van der Waals surface area (Å²) in [5.74, 6) is -0.920. The third-order valence-electron chi connectivity index (χ3n) is 4.29. The first-order valence-electron chi connectivity index (χ1n) is 9.62. The number of rotatable bonds is 17. The molecule has 0 unspecified atom stereocenters. The van der Waals surface area contributed by atoms with Crippen molar-refractivity contribution in [1.29, 1.82) is 0 Å². The van der Waals surface area contributed by atoms with E-state index in [-0.39, 0.29) is 36.0 Å². The SMILES string of the molecule is CCCCCCCCN(CCCCCCCC)CCC(=O)[O-].[Na+]. The van der Waals surface area contributed by atoms with E-state index in [2.05, 4.69) is 18.7 Å². The van der Waals surface area contributed by atoms with Gasteiger partial charge < -0.3 is 14.8 Å². The fraction of sp³-hybridized carbons (Fsp3) is 0.947. The fourth-order valence-electron chi connectivity index (χ4n) is 2.82. The Morgan fingerprint density at radius 3 is 1.48 bits per heavy atom. The number of unbranched alkanes of at least 4 members (excludes halogenated alkanes) is 10. The van der Waals surface area contributed by atoms with E-state index in [1.54, 1.807) is 0 Å². The summed E-state index contributed by atoms with van der Waals surface area (Å²) in [6.45, 7) is 7.24. The quantitative estimate of drug-likeness (QED) is 0.296. The van der Waals surface area contributed by atoms with Crippen molar-refractivity contribution < 1.29 is 39.5 Å². The molecule has 0 radical (unpaired) electrons. The zero-order valence-electron chi connectivity index (χ0n) is 16.1. The van der Waals surface area contributed by atoms with Gasteiger partial charge in [-0.1, -0.05) is 78.1 Å². The van der Waals surface area contributed by atoms with E-state index < -0.39 is 5.97 Å². The molecule has 0 atom stereocenters. The van der Waals surface area contributed by atoms with Gasteiger partial charge in [0.15, 0.2) is 0 Å². The molecule has 0 aliphatic carbocycles. The van der Waals surface area contributed by atoms with E-state index in [1.807, 2.05) is 0 Å². The maximum atomic E-state index is 10.7. The van der Waals surface area contributed by atoms with Gasteiger partial charge in [0.05, 0.1) is 0 Å². The number of nitrogens with zero attached hydrogens (tertiary/aromatic N) is 1. The minimum Gasteiger partial charge on any atom is -0.550 e. The van der Waals surface area contributed by atoms with Gasteiger partial charge in [0.2, 0.25) is 0 Å². The van der Waals surface area contributed by atoms with Crippen molar-refractivity contribution in [1.82, 2.24) is 4.90 Å². The summed E-state index contributed by atoms with van der Waals surface area (Å²) in [7, 11) is 0. The van der Waals surface area contributed by atoms with E-state index in [9.17, 15) is 9.90 Å². The standard InChI is InChI=1S/C19H39NO2.Na/c1-3-5-7-9-11-13-16-20(18-15-19(21)22)17-14-12-10-8-6-4-2;/h3-18H2,1-2H3,(H,21,22);/q;+1/p-1. The molecule has 0 saturated carbocycles. The predicted molar refractivity (Wildman–Crippen MR) is 92.8 cm³/mol. The smallest absolute Gasteiger partial charge is 0.550 e. The molecule has 0 aliphatic rings. The Morgan fingerprint density at radius 1 is 0.696 bits per heavy atom. The summed E-state index contributed by atoms with van der Waals surface area (Å²) < 4.78 is 0. The number of carbonyl (C=O) groups excluding carboxylic acids is 1. The molecule has 0 aliphatic heterocycles. The van der Waals surface area contributed by atoms with Crippen LogP contribution in [0.2, 0.25) is 0 Å². The molecular formula is C19H38NNaO2. The van der Waals surface area contributed by atoms with Crippen LogP contribution in [0, 0.1) is 0 Å². The van der Waals surface area contributed by atoms with Gasteiger partial charge in [-0.15, -0.1) is 0 Å². The largest absolute Gasteiger partial charge is 1.00 e. The summed E-state index contributed by atoms with van der Waals surface area (Å²) in [6, 6.07) is 0. The molecule has 3 nitrogen and oxygen atoms in total. The number of aliphatic carboxylic acids is 1. The van der Waals surface area contributed by atoms with E-state index in [4.69, 9.17) is 0 Å². The van der Waals surface area contributed by atoms with Gasteiger partial charge in [0.25, 0.3) is 0 Å². The Kier molecular flexibility index (Phi) is 22.8. The van der Waals surface area contributed by atoms with Gasteiger partial charge in [-0.05, 0) is 32.4 Å².